The first-order valence-corrected chi connectivity index (χ1v) is 11.4. The molecule has 0 unspecified atom stereocenters. The second-order valence-corrected chi connectivity index (χ2v) is 9.48. The smallest absolute Gasteiger partial charge is 1.00 e. The molecule has 0 radical (unpaired) electrons. The van der Waals surface area contributed by atoms with E-state index in [1.54, 1.807) is 0 Å². The van der Waals surface area contributed by atoms with E-state index in [1.165, 1.54) is 38.5 Å². The molecular formula is C24H58AlLiN4O3. The summed E-state index contributed by atoms with van der Waals surface area (Å²) >= 11 is 0. The number of amides is 1. The topological polar surface area (TPSA) is 112 Å². The molecule has 1 saturated heterocycles. The summed E-state index contributed by atoms with van der Waals surface area (Å²) in [6.07, 6.45) is 11.1. The van der Waals surface area contributed by atoms with E-state index in [4.69, 9.17) is 20.9 Å². The summed E-state index contributed by atoms with van der Waals surface area (Å²) in [5, 5.41) is 6.15. The van der Waals surface area contributed by atoms with E-state index in [0.29, 0.717) is 12.1 Å². The Morgan fingerprint density at radius 1 is 0.879 bits per heavy atom. The Labute approximate surface area is 229 Å². The van der Waals surface area contributed by atoms with Gasteiger partial charge in [0, 0.05) is 37.4 Å². The van der Waals surface area contributed by atoms with Gasteiger partial charge in [-0.15, -0.1) is 0 Å². The van der Waals surface area contributed by atoms with Crippen molar-refractivity contribution in [2.75, 3.05) is 20.3 Å². The van der Waals surface area contributed by atoms with Gasteiger partial charge in [0.25, 0.3) is 0 Å². The van der Waals surface area contributed by atoms with Gasteiger partial charge in [0.2, 0.25) is 0 Å². The number of alkyl carbamates (subject to hydrolysis) is 1. The molecule has 0 aromatic heterocycles. The van der Waals surface area contributed by atoms with Gasteiger partial charge < -0.3 is 33.0 Å². The molecule has 0 bridgehead atoms. The molecule has 6 N–H and O–H groups in total. The van der Waals surface area contributed by atoms with Crippen LogP contribution in [-0.2, 0) is 9.47 Å². The Bertz CT molecular complexity index is 435. The van der Waals surface area contributed by atoms with Crippen molar-refractivity contribution in [2.24, 2.45) is 11.5 Å². The van der Waals surface area contributed by atoms with Crippen LogP contribution in [-0.4, -0.2) is 73.5 Å². The van der Waals surface area contributed by atoms with Gasteiger partial charge >= 0.3 is 25.0 Å². The molecule has 9 heteroatoms. The van der Waals surface area contributed by atoms with Crippen molar-refractivity contribution in [2.45, 2.75) is 130 Å². The van der Waals surface area contributed by atoms with E-state index < -0.39 is 5.60 Å². The maximum atomic E-state index is 11.4. The Balaban J connectivity index is -0.000000128. The molecule has 3 aliphatic rings. The Kier molecular flexibility index (Phi) is 27.8. The molecule has 33 heavy (non-hydrogen) atoms. The normalized spacial score (nSPS) is 26.0. The molecule has 7 nitrogen and oxygen atoms in total. The Hall–Kier alpha value is 0.240. The minimum absolute atomic E-state index is 0. The molecule has 1 heterocycles. The standard InChI is InChI=1S/C11H22N2O2.C7H16N2.C4H8O.2CH4.Al.Li.4H/c1-11(2,3)15-10(14)13-9-6-4-8(12)5-7-9;1-9-7-4-2-6(8)3-5-7;1-2-4-5-3-1;;;;;;;;/h8-9H,4-7,12H2,1-3H3,(H,13,14);6-7,9H,2-5,8H2,1H3;1-4H2;2*1H4;;;;;;/q;;;;;;+1;;;;-1. The summed E-state index contributed by atoms with van der Waals surface area (Å²) < 4.78 is 10.1. The average molecular weight is 485 g/mol. The zero-order chi connectivity index (χ0) is 21.7. The van der Waals surface area contributed by atoms with Crippen molar-refractivity contribution in [1.82, 2.24) is 10.6 Å². The SMILES string of the molecule is C.C.C1CCOC1.CC(C)(C)OC(=O)NC1CCC(N)CC1.CNC1CCC(N)CC1.[AlH3].[H-].[Li+]. The number of hydrogen-bond donors (Lipinski definition) is 4. The molecule has 0 aromatic rings. The second kappa shape index (κ2) is 22.7. The van der Waals surface area contributed by atoms with Gasteiger partial charge in [-0.1, -0.05) is 14.9 Å². The number of carbonyl (C=O) groups is 1. The third-order valence-corrected chi connectivity index (χ3v) is 5.50. The van der Waals surface area contributed by atoms with Crippen molar-refractivity contribution >= 4 is 23.5 Å². The predicted octanol–water partition coefficient (Wildman–Crippen LogP) is 0.258. The molecule has 3 rings (SSSR count). The van der Waals surface area contributed by atoms with Crippen LogP contribution in [0.2, 0.25) is 0 Å². The van der Waals surface area contributed by atoms with Crippen molar-refractivity contribution in [3.8, 4) is 0 Å². The van der Waals surface area contributed by atoms with E-state index in [1.807, 2.05) is 27.8 Å². The summed E-state index contributed by atoms with van der Waals surface area (Å²) in [6, 6.07) is 1.76. The van der Waals surface area contributed by atoms with E-state index in [0.717, 1.165) is 44.9 Å². The van der Waals surface area contributed by atoms with Crippen LogP contribution in [0.15, 0.2) is 0 Å². The Morgan fingerprint density at radius 3 is 1.58 bits per heavy atom. The van der Waals surface area contributed by atoms with E-state index in [2.05, 4.69) is 10.6 Å². The largest absolute Gasteiger partial charge is 1.00 e. The average Bonchev–Trinajstić information content (AvgIpc) is 3.23. The number of nitrogens with one attached hydrogen (secondary N) is 2. The maximum absolute atomic E-state index is 11.4. The van der Waals surface area contributed by atoms with Crippen LogP contribution in [0.3, 0.4) is 0 Å². The summed E-state index contributed by atoms with van der Waals surface area (Å²) in [5.74, 6) is 0. The molecule has 196 valence electrons. The van der Waals surface area contributed by atoms with Gasteiger partial charge in [0.15, 0.2) is 17.4 Å². The van der Waals surface area contributed by atoms with E-state index >= 15 is 0 Å². The minimum Gasteiger partial charge on any atom is -1.00 e. The molecule has 1 amide bonds. The molecule has 0 atom stereocenters. The summed E-state index contributed by atoms with van der Waals surface area (Å²) in [7, 11) is 2.03. The third kappa shape index (κ3) is 22.4. The van der Waals surface area contributed by atoms with Crippen molar-refractivity contribution < 1.29 is 34.6 Å². The first-order chi connectivity index (χ1) is 13.7. The zero-order valence-electron chi connectivity index (χ0n) is 21.2. The van der Waals surface area contributed by atoms with Crippen molar-refractivity contribution in [1.29, 1.82) is 0 Å². The monoisotopic (exact) mass is 484 g/mol. The van der Waals surface area contributed by atoms with E-state index in [9.17, 15) is 4.79 Å². The molecule has 2 aliphatic carbocycles. The fraction of sp³-hybridized carbons (Fsp3) is 0.958. The van der Waals surface area contributed by atoms with Crippen LogP contribution in [0.5, 0.6) is 0 Å². The molecule has 2 saturated carbocycles. The Morgan fingerprint density at radius 2 is 1.27 bits per heavy atom. The van der Waals surface area contributed by atoms with Gasteiger partial charge in [-0.2, -0.15) is 0 Å². The number of rotatable bonds is 2. The first kappa shape index (κ1) is 40.4. The molecule has 1 aliphatic heterocycles. The van der Waals surface area contributed by atoms with Crippen molar-refractivity contribution in [3.05, 3.63) is 0 Å². The van der Waals surface area contributed by atoms with Gasteiger partial charge in [-0.3, -0.25) is 0 Å². The van der Waals surface area contributed by atoms with Crippen LogP contribution in [0.4, 0.5) is 4.79 Å². The molecule has 0 spiro atoms. The first-order valence-electron chi connectivity index (χ1n) is 11.4. The number of nitrogens with two attached hydrogens (primary N) is 2. The third-order valence-electron chi connectivity index (χ3n) is 5.50. The van der Waals surface area contributed by atoms with Crippen LogP contribution >= 0.6 is 0 Å². The van der Waals surface area contributed by atoms with Crippen LogP contribution < -0.4 is 41.0 Å². The van der Waals surface area contributed by atoms with Crippen molar-refractivity contribution in [3.63, 3.8) is 0 Å². The van der Waals surface area contributed by atoms with Gasteiger partial charge in [-0.25, -0.2) is 4.79 Å². The van der Waals surface area contributed by atoms with Gasteiger partial charge in [0.05, 0.1) is 0 Å². The van der Waals surface area contributed by atoms with Gasteiger partial charge in [-0.05, 0) is 92.0 Å². The van der Waals surface area contributed by atoms with Crippen LogP contribution in [0.25, 0.3) is 0 Å². The molecule has 3 fully saturated rings. The van der Waals surface area contributed by atoms with Gasteiger partial charge in [0.1, 0.15) is 5.60 Å². The summed E-state index contributed by atoms with van der Waals surface area (Å²) in [4.78, 5) is 11.4. The van der Waals surface area contributed by atoms with Crippen LogP contribution in [0, 0.1) is 0 Å². The number of hydrogen-bond acceptors (Lipinski definition) is 6. The summed E-state index contributed by atoms with van der Waals surface area (Å²) in [5.41, 5.74) is 11.1. The second-order valence-electron chi connectivity index (χ2n) is 9.48. The summed E-state index contributed by atoms with van der Waals surface area (Å²) in [6.45, 7) is 7.59. The zero-order valence-corrected chi connectivity index (χ0v) is 20.2. The molecular weight excluding hydrogens is 426 g/mol. The maximum Gasteiger partial charge on any atom is 1.00 e. The number of ether oxygens (including phenoxy) is 2. The fourth-order valence-electron chi connectivity index (χ4n) is 3.66. The van der Waals surface area contributed by atoms with E-state index in [-0.39, 0.29) is 64.6 Å². The van der Waals surface area contributed by atoms with Crippen LogP contribution in [0.1, 0.15) is 101 Å². The number of carbonyl (C=O) groups excluding carboxylic acids is 1. The minimum atomic E-state index is -0.421. The quantitative estimate of drug-likeness (QED) is 0.419. The predicted molar refractivity (Wildman–Crippen MR) is 143 cm³/mol. The fourth-order valence-corrected chi connectivity index (χ4v) is 3.66. The molecule has 0 aromatic carbocycles.